The van der Waals surface area contributed by atoms with E-state index in [1.165, 1.54) is 0 Å². The number of carboxylic acids is 1. The quantitative estimate of drug-likeness (QED) is 0.476. The van der Waals surface area contributed by atoms with Crippen molar-refractivity contribution >= 4 is 28.5 Å². The van der Waals surface area contributed by atoms with E-state index in [1.807, 2.05) is 72.8 Å². The van der Waals surface area contributed by atoms with Crippen molar-refractivity contribution < 1.29 is 19.4 Å². The number of hydrogen-bond donors (Lipinski definition) is 2. The molecule has 1 aliphatic heterocycles. The molecule has 1 unspecified atom stereocenters. The zero-order valence-corrected chi connectivity index (χ0v) is 17.8. The van der Waals surface area contributed by atoms with Crippen molar-refractivity contribution in [3.8, 4) is 11.4 Å². The number of fused-ring (bicyclic) bond motifs is 3. The van der Waals surface area contributed by atoms with Crippen LogP contribution in [0.2, 0.25) is 0 Å². The van der Waals surface area contributed by atoms with Gasteiger partial charge in [0, 0.05) is 34.6 Å². The van der Waals surface area contributed by atoms with Crippen LogP contribution in [0.5, 0.6) is 5.75 Å². The Hall–Kier alpha value is -4.26. The zero-order chi connectivity index (χ0) is 22.9. The smallest absolute Gasteiger partial charge is 0.341 e. The average Bonchev–Trinajstić information content (AvgIpc) is 3.18. The Kier molecular flexibility index (Phi) is 5.22. The third kappa shape index (κ3) is 3.67. The molecule has 33 heavy (non-hydrogen) atoms. The van der Waals surface area contributed by atoms with E-state index in [9.17, 15) is 9.59 Å². The molecule has 5 rings (SSSR count). The highest BCUT2D eigenvalue weighted by molar-refractivity contribution is 5.98. The van der Waals surface area contributed by atoms with Crippen LogP contribution in [0.1, 0.15) is 17.2 Å². The fourth-order valence-electron chi connectivity index (χ4n) is 4.67. The van der Waals surface area contributed by atoms with Crippen molar-refractivity contribution in [2.45, 2.75) is 12.5 Å². The predicted octanol–water partition coefficient (Wildman–Crippen LogP) is 3.68. The van der Waals surface area contributed by atoms with E-state index in [1.54, 1.807) is 6.07 Å². The Morgan fingerprint density at radius 1 is 0.939 bits per heavy atom. The third-order valence-corrected chi connectivity index (χ3v) is 6.02. The second-order valence-electron chi connectivity index (χ2n) is 8.04. The van der Waals surface area contributed by atoms with Crippen molar-refractivity contribution in [1.82, 2.24) is 4.57 Å². The lowest BCUT2D eigenvalue weighted by atomic mass is 9.90. The molecule has 0 saturated carbocycles. The lowest BCUT2D eigenvalue weighted by Gasteiger charge is -2.34. The van der Waals surface area contributed by atoms with Crippen molar-refractivity contribution in [3.05, 3.63) is 90.1 Å². The summed E-state index contributed by atoms with van der Waals surface area (Å²) < 4.78 is 7.77. The summed E-state index contributed by atoms with van der Waals surface area (Å²) in [6.45, 7) is 0.514. The fourth-order valence-corrected chi connectivity index (χ4v) is 4.67. The van der Waals surface area contributed by atoms with Gasteiger partial charge in [-0.3, -0.25) is 4.79 Å². The molecule has 7 heteroatoms. The minimum absolute atomic E-state index is 0.424. The normalized spacial score (nSPS) is 15.3. The topological polar surface area (TPSA) is 97.8 Å². The summed E-state index contributed by atoms with van der Waals surface area (Å²) in [6.07, 6.45) is 0. The summed E-state index contributed by atoms with van der Waals surface area (Å²) in [5.74, 6) is -1.65. The first-order valence-corrected chi connectivity index (χ1v) is 10.7. The number of nitrogens with two attached hydrogens (primary N) is 1. The van der Waals surface area contributed by atoms with E-state index in [2.05, 4.69) is 9.47 Å². The molecule has 3 aromatic carbocycles. The standard InChI is InChI=1S/C26H23N3O4/c27-26(32)19-14-28(17-8-3-1-4-9-17)15-21-24(19)25-20(29(21)18-10-5-2-6-11-18)12-7-13-22(25)33-16-23(30)31/h1-13,19H,14-16H2,(H2,27,32)(H,30,31). The first-order valence-electron chi connectivity index (χ1n) is 10.7. The van der Waals surface area contributed by atoms with E-state index in [0.717, 1.165) is 33.5 Å². The number of carbonyl (C=O) groups is 2. The highest BCUT2D eigenvalue weighted by Gasteiger charge is 2.36. The lowest BCUT2D eigenvalue weighted by molar-refractivity contribution is -0.139. The molecule has 0 bridgehead atoms. The van der Waals surface area contributed by atoms with Gasteiger partial charge in [0.1, 0.15) is 5.75 Å². The van der Waals surface area contributed by atoms with Gasteiger partial charge in [0.05, 0.1) is 18.0 Å². The second kappa shape index (κ2) is 8.35. The number of carboxylic acid groups (broad SMARTS) is 1. The molecule has 3 N–H and O–H groups in total. The molecule has 0 saturated heterocycles. The van der Waals surface area contributed by atoms with E-state index < -0.39 is 24.4 Å². The molecule has 4 aromatic rings. The Morgan fingerprint density at radius 2 is 1.61 bits per heavy atom. The lowest BCUT2D eigenvalue weighted by Crippen LogP contribution is -2.39. The van der Waals surface area contributed by atoms with Gasteiger partial charge in [0.15, 0.2) is 6.61 Å². The maximum absolute atomic E-state index is 12.7. The van der Waals surface area contributed by atoms with Gasteiger partial charge >= 0.3 is 5.97 Å². The summed E-state index contributed by atoms with van der Waals surface area (Å²) in [5, 5.41) is 9.89. The first-order chi connectivity index (χ1) is 16.0. The molecule has 1 atom stereocenters. The van der Waals surface area contributed by atoms with Crippen molar-refractivity contribution in [1.29, 1.82) is 0 Å². The van der Waals surface area contributed by atoms with E-state index in [-0.39, 0.29) is 0 Å². The summed E-state index contributed by atoms with van der Waals surface area (Å²) in [6, 6.07) is 25.3. The highest BCUT2D eigenvalue weighted by Crippen LogP contribution is 2.43. The van der Waals surface area contributed by atoms with Crippen LogP contribution in [-0.4, -0.2) is 34.7 Å². The molecule has 2 heterocycles. The number of carbonyl (C=O) groups excluding carboxylic acids is 1. The molecule has 1 aliphatic rings. The maximum Gasteiger partial charge on any atom is 0.341 e. The summed E-state index contributed by atoms with van der Waals surface area (Å²) in [4.78, 5) is 26.0. The van der Waals surface area contributed by atoms with Crippen LogP contribution in [0.25, 0.3) is 16.6 Å². The third-order valence-electron chi connectivity index (χ3n) is 6.02. The van der Waals surface area contributed by atoms with Crippen LogP contribution in [0, 0.1) is 0 Å². The van der Waals surface area contributed by atoms with Crippen LogP contribution in [0.3, 0.4) is 0 Å². The Labute approximate surface area is 190 Å². The minimum atomic E-state index is -1.06. The van der Waals surface area contributed by atoms with Crippen molar-refractivity contribution in [2.75, 3.05) is 18.1 Å². The molecule has 7 nitrogen and oxygen atoms in total. The number of benzene rings is 3. The van der Waals surface area contributed by atoms with Gasteiger partial charge in [-0.2, -0.15) is 0 Å². The van der Waals surface area contributed by atoms with Crippen molar-refractivity contribution in [2.24, 2.45) is 5.73 Å². The molecule has 1 amide bonds. The van der Waals surface area contributed by atoms with Gasteiger partial charge in [-0.15, -0.1) is 0 Å². The van der Waals surface area contributed by atoms with Crippen LogP contribution in [-0.2, 0) is 16.1 Å². The number of anilines is 1. The second-order valence-corrected chi connectivity index (χ2v) is 8.04. The highest BCUT2D eigenvalue weighted by atomic mass is 16.5. The Morgan fingerprint density at radius 3 is 2.24 bits per heavy atom. The predicted molar refractivity (Wildman–Crippen MR) is 126 cm³/mol. The summed E-state index contributed by atoms with van der Waals surface area (Å²) in [5.41, 5.74) is 10.4. The summed E-state index contributed by atoms with van der Waals surface area (Å²) in [7, 11) is 0. The number of ether oxygens (including phenoxy) is 1. The molecule has 166 valence electrons. The Bertz CT molecular complexity index is 1330. The Balaban J connectivity index is 1.79. The van der Waals surface area contributed by atoms with E-state index in [4.69, 9.17) is 15.6 Å². The van der Waals surface area contributed by atoms with Crippen LogP contribution in [0.4, 0.5) is 5.69 Å². The number of aliphatic carboxylic acids is 1. The molecule has 1 aromatic heterocycles. The van der Waals surface area contributed by atoms with E-state index >= 15 is 0 Å². The van der Waals surface area contributed by atoms with Gasteiger partial charge in [0.25, 0.3) is 0 Å². The SMILES string of the molecule is NC(=O)C1CN(c2ccccc2)Cc2c1c1c(OCC(=O)O)cccc1n2-c1ccccc1. The zero-order valence-electron chi connectivity index (χ0n) is 17.8. The molecule has 0 fully saturated rings. The average molecular weight is 441 g/mol. The maximum atomic E-state index is 12.7. The monoisotopic (exact) mass is 441 g/mol. The van der Waals surface area contributed by atoms with Gasteiger partial charge in [-0.25, -0.2) is 4.79 Å². The molecular weight excluding hydrogens is 418 g/mol. The number of primary amides is 1. The van der Waals surface area contributed by atoms with Crippen molar-refractivity contribution in [3.63, 3.8) is 0 Å². The molecule has 0 aliphatic carbocycles. The van der Waals surface area contributed by atoms with Crippen LogP contribution in [0.15, 0.2) is 78.9 Å². The van der Waals surface area contributed by atoms with Gasteiger partial charge < -0.3 is 25.0 Å². The fraction of sp³-hybridized carbons (Fsp3) is 0.154. The van der Waals surface area contributed by atoms with Gasteiger partial charge in [-0.1, -0.05) is 42.5 Å². The first kappa shape index (κ1) is 20.6. The number of rotatable bonds is 6. The minimum Gasteiger partial charge on any atom is -0.481 e. The molecule has 0 spiro atoms. The number of nitrogens with zero attached hydrogens (tertiary/aromatic N) is 2. The van der Waals surface area contributed by atoms with Gasteiger partial charge in [0.2, 0.25) is 5.91 Å². The molecule has 0 radical (unpaired) electrons. The number of hydrogen-bond acceptors (Lipinski definition) is 4. The van der Waals surface area contributed by atoms with E-state index in [0.29, 0.717) is 18.8 Å². The number of para-hydroxylation sites is 2. The van der Waals surface area contributed by atoms with Crippen LogP contribution >= 0.6 is 0 Å². The number of aromatic nitrogens is 1. The number of amides is 1. The van der Waals surface area contributed by atoms with Gasteiger partial charge in [-0.05, 0) is 36.4 Å². The largest absolute Gasteiger partial charge is 0.481 e. The van der Waals surface area contributed by atoms with Crippen LogP contribution < -0.4 is 15.4 Å². The molecular formula is C26H23N3O4. The summed E-state index contributed by atoms with van der Waals surface area (Å²) >= 11 is 0.